The van der Waals surface area contributed by atoms with Gasteiger partial charge >= 0.3 is 7.12 Å². The van der Waals surface area contributed by atoms with Gasteiger partial charge in [0.05, 0.1) is 11.2 Å². The minimum atomic E-state index is -1.01. The highest BCUT2D eigenvalue weighted by molar-refractivity contribution is 7.20. The molecule has 3 nitrogen and oxygen atoms in total. The zero-order chi connectivity index (χ0) is 11.7. The molecule has 1 aromatic rings. The molecular weight excluding hydrogens is 211 g/mol. The molecule has 84 valence electrons. The lowest BCUT2D eigenvalue weighted by Crippen LogP contribution is -2.52. The highest BCUT2D eigenvalue weighted by Gasteiger charge is 2.39. The maximum Gasteiger partial charge on any atom is 0.502 e. The summed E-state index contributed by atoms with van der Waals surface area (Å²) in [7, 11) is -0.980. The van der Waals surface area contributed by atoms with Gasteiger partial charge in [0.2, 0.25) is 0 Å². The van der Waals surface area contributed by atoms with Crippen LogP contribution in [-0.4, -0.2) is 28.5 Å². The third-order valence-electron chi connectivity index (χ3n) is 2.67. The van der Waals surface area contributed by atoms with Gasteiger partial charge in [0.15, 0.2) is 0 Å². The lowest BCUT2D eigenvalue weighted by molar-refractivity contribution is -0.0981. The maximum atomic E-state index is 9.86. The standard InChI is InChI=1S/C10H17BO3S/c1-9(2,12)10(3,4)14-11(13)8-6-5-7-15-8/h5-7,12-13H,1-4H3. The van der Waals surface area contributed by atoms with Crippen LogP contribution in [0.5, 0.6) is 0 Å². The van der Waals surface area contributed by atoms with Crippen molar-refractivity contribution in [3.63, 3.8) is 0 Å². The first-order valence-electron chi connectivity index (χ1n) is 4.86. The second kappa shape index (κ2) is 4.25. The van der Waals surface area contributed by atoms with Gasteiger partial charge in [-0.1, -0.05) is 12.1 Å². The van der Waals surface area contributed by atoms with Gasteiger partial charge in [-0.15, -0.1) is 0 Å². The largest absolute Gasteiger partial charge is 0.502 e. The number of rotatable bonds is 4. The SMILES string of the molecule is CC(C)(O)C(C)(C)OB(O)c1cccs1. The fourth-order valence-electron chi connectivity index (χ4n) is 0.913. The summed E-state index contributed by atoms with van der Waals surface area (Å²) in [6.07, 6.45) is 0. The topological polar surface area (TPSA) is 49.7 Å². The third-order valence-corrected chi connectivity index (χ3v) is 3.57. The first-order chi connectivity index (χ1) is 6.74. The lowest BCUT2D eigenvalue weighted by atomic mass is 9.82. The molecule has 0 aliphatic rings. The van der Waals surface area contributed by atoms with Crippen LogP contribution < -0.4 is 4.78 Å². The Morgan fingerprint density at radius 1 is 1.33 bits per heavy atom. The van der Waals surface area contributed by atoms with E-state index in [1.165, 1.54) is 11.3 Å². The first kappa shape index (κ1) is 12.7. The summed E-state index contributed by atoms with van der Waals surface area (Å²) in [5.74, 6) is 0. The Balaban J connectivity index is 2.70. The summed E-state index contributed by atoms with van der Waals surface area (Å²) < 4.78 is 6.21. The minimum Gasteiger partial charge on any atom is -0.423 e. The third kappa shape index (κ3) is 3.05. The van der Waals surface area contributed by atoms with E-state index in [4.69, 9.17) is 4.65 Å². The van der Waals surface area contributed by atoms with Crippen LogP contribution in [0.3, 0.4) is 0 Å². The summed E-state index contributed by atoms with van der Waals surface area (Å²) in [5, 5.41) is 21.5. The van der Waals surface area contributed by atoms with E-state index in [1.54, 1.807) is 33.8 Å². The van der Waals surface area contributed by atoms with E-state index in [9.17, 15) is 10.1 Å². The van der Waals surface area contributed by atoms with Crippen molar-refractivity contribution in [1.29, 1.82) is 0 Å². The molecule has 0 radical (unpaired) electrons. The van der Waals surface area contributed by atoms with E-state index in [2.05, 4.69) is 0 Å². The van der Waals surface area contributed by atoms with Gasteiger partial charge in [-0.25, -0.2) is 0 Å². The van der Waals surface area contributed by atoms with Gasteiger partial charge in [0.1, 0.15) is 0 Å². The van der Waals surface area contributed by atoms with Crippen molar-refractivity contribution in [2.24, 2.45) is 0 Å². The predicted molar refractivity (Wildman–Crippen MR) is 63.4 cm³/mol. The summed E-state index contributed by atoms with van der Waals surface area (Å²) in [5.41, 5.74) is -1.82. The molecule has 0 bridgehead atoms. The first-order valence-corrected chi connectivity index (χ1v) is 5.74. The second-order valence-corrected chi connectivity index (χ2v) is 5.53. The monoisotopic (exact) mass is 228 g/mol. The van der Waals surface area contributed by atoms with Crippen molar-refractivity contribution in [2.45, 2.75) is 38.9 Å². The minimum absolute atomic E-state index is 0.743. The molecule has 0 spiro atoms. The Morgan fingerprint density at radius 2 is 1.93 bits per heavy atom. The molecule has 1 aromatic heterocycles. The number of aliphatic hydroxyl groups is 1. The van der Waals surface area contributed by atoms with Crippen molar-refractivity contribution in [2.75, 3.05) is 0 Å². The zero-order valence-electron chi connectivity index (χ0n) is 9.52. The van der Waals surface area contributed by atoms with E-state index >= 15 is 0 Å². The van der Waals surface area contributed by atoms with Crippen molar-refractivity contribution < 1.29 is 14.8 Å². The van der Waals surface area contributed by atoms with E-state index in [0.717, 1.165) is 4.78 Å². The average molecular weight is 228 g/mol. The van der Waals surface area contributed by atoms with Crippen LogP contribution in [0.25, 0.3) is 0 Å². The zero-order valence-corrected chi connectivity index (χ0v) is 10.3. The molecular formula is C10H17BO3S. The highest BCUT2D eigenvalue weighted by atomic mass is 32.1. The summed E-state index contributed by atoms with van der Waals surface area (Å²) in [4.78, 5) is 0. The van der Waals surface area contributed by atoms with Gasteiger partial charge in [-0.2, -0.15) is 11.3 Å². The molecule has 0 unspecified atom stereocenters. The Morgan fingerprint density at radius 3 is 2.33 bits per heavy atom. The molecule has 2 N–H and O–H groups in total. The lowest BCUT2D eigenvalue weighted by Gasteiger charge is -2.38. The quantitative estimate of drug-likeness (QED) is 0.756. The van der Waals surface area contributed by atoms with E-state index < -0.39 is 18.3 Å². The average Bonchev–Trinajstić information content (AvgIpc) is 2.51. The van der Waals surface area contributed by atoms with Gasteiger partial charge < -0.3 is 14.8 Å². The normalized spacial score (nSPS) is 12.9. The van der Waals surface area contributed by atoms with Crippen LogP contribution in [0.4, 0.5) is 0 Å². The second-order valence-electron chi connectivity index (χ2n) is 4.55. The van der Waals surface area contributed by atoms with Gasteiger partial charge in [-0.05, 0) is 33.1 Å². The summed E-state index contributed by atoms with van der Waals surface area (Å²) in [6, 6.07) is 3.65. The van der Waals surface area contributed by atoms with E-state index in [0.29, 0.717) is 0 Å². The molecule has 0 aliphatic heterocycles. The highest BCUT2D eigenvalue weighted by Crippen LogP contribution is 2.25. The molecule has 15 heavy (non-hydrogen) atoms. The van der Waals surface area contributed by atoms with Crippen molar-refractivity contribution in [3.05, 3.63) is 17.5 Å². The molecule has 0 aliphatic carbocycles. The fraction of sp³-hybridized carbons (Fsp3) is 0.600. The summed E-state index contributed by atoms with van der Waals surface area (Å²) in [6.45, 7) is 6.83. The van der Waals surface area contributed by atoms with E-state index in [-0.39, 0.29) is 0 Å². The molecule has 0 amide bonds. The maximum absolute atomic E-state index is 9.86. The van der Waals surface area contributed by atoms with Gasteiger partial charge in [0, 0.05) is 4.78 Å². The summed E-state index contributed by atoms with van der Waals surface area (Å²) >= 11 is 1.43. The molecule has 0 saturated heterocycles. The smallest absolute Gasteiger partial charge is 0.423 e. The fourth-order valence-corrected chi connectivity index (χ4v) is 1.55. The molecule has 1 rings (SSSR count). The van der Waals surface area contributed by atoms with E-state index in [1.807, 2.05) is 11.4 Å². The molecule has 0 fully saturated rings. The number of thiophene rings is 1. The predicted octanol–water partition coefficient (Wildman–Crippen LogP) is 1.00. The van der Waals surface area contributed by atoms with Crippen LogP contribution >= 0.6 is 11.3 Å². The molecule has 0 saturated carbocycles. The Labute approximate surface area is 94.9 Å². The van der Waals surface area contributed by atoms with Gasteiger partial charge in [0.25, 0.3) is 0 Å². The molecule has 1 heterocycles. The van der Waals surface area contributed by atoms with Crippen molar-refractivity contribution >= 4 is 23.2 Å². The number of hydrogen-bond acceptors (Lipinski definition) is 4. The van der Waals surface area contributed by atoms with Crippen LogP contribution in [0.15, 0.2) is 17.5 Å². The van der Waals surface area contributed by atoms with Crippen LogP contribution in [0.2, 0.25) is 0 Å². The Bertz CT molecular complexity index is 303. The van der Waals surface area contributed by atoms with Crippen LogP contribution in [0.1, 0.15) is 27.7 Å². The van der Waals surface area contributed by atoms with Crippen molar-refractivity contribution in [3.8, 4) is 0 Å². The molecule has 5 heteroatoms. The Kier molecular flexibility index (Phi) is 3.61. The van der Waals surface area contributed by atoms with Crippen LogP contribution in [-0.2, 0) is 4.65 Å². The van der Waals surface area contributed by atoms with Crippen LogP contribution in [0, 0.1) is 0 Å². The molecule has 0 atom stereocenters. The van der Waals surface area contributed by atoms with Gasteiger partial charge in [-0.3, -0.25) is 0 Å². The van der Waals surface area contributed by atoms with Crippen molar-refractivity contribution in [1.82, 2.24) is 0 Å². The Hall–Kier alpha value is -0.355. The number of hydrogen-bond donors (Lipinski definition) is 2. The molecule has 0 aromatic carbocycles.